The number of phosphoric acid groups is 1. The van der Waals surface area contributed by atoms with Crippen LogP contribution >= 0.6 is 7.82 Å². The van der Waals surface area contributed by atoms with Gasteiger partial charge in [-0.25, -0.2) is 0 Å². The Bertz CT molecular complexity index is 201. The lowest BCUT2D eigenvalue weighted by molar-refractivity contribution is 0.272. The van der Waals surface area contributed by atoms with E-state index < -0.39 is 7.82 Å². The van der Waals surface area contributed by atoms with Gasteiger partial charge in [0, 0.05) is 0 Å². The molecule has 0 saturated heterocycles. The molecule has 1 heterocycles. The average molecular weight is 146 g/mol. The van der Waals surface area contributed by atoms with Gasteiger partial charge in [0.15, 0.2) is 0 Å². The predicted molar refractivity (Wildman–Crippen MR) is 28.8 cm³/mol. The van der Waals surface area contributed by atoms with Gasteiger partial charge in [-0.15, -0.1) is 0 Å². The van der Waals surface area contributed by atoms with Crippen LogP contribution in [0.15, 0.2) is 12.5 Å². The van der Waals surface area contributed by atoms with Crippen molar-refractivity contribution in [2.24, 2.45) is 0 Å². The van der Waals surface area contributed by atoms with E-state index in [1.807, 2.05) is 0 Å². The topological polar surface area (TPSA) is 44.8 Å². The molecule has 0 aromatic heterocycles. The van der Waals surface area contributed by atoms with Crippen molar-refractivity contribution in [3.05, 3.63) is 12.5 Å². The second-order valence-electron chi connectivity index (χ2n) is 1.14. The molecule has 0 unspecified atom stereocenters. The molecule has 0 fully saturated rings. The van der Waals surface area contributed by atoms with E-state index in [9.17, 15) is 4.57 Å². The maximum absolute atomic E-state index is 10.7. The van der Waals surface area contributed by atoms with Crippen LogP contribution in [-0.2, 0) is 18.1 Å². The molecule has 0 radical (unpaired) electrons. The molecular formula is C4H3O4P. The summed E-state index contributed by atoms with van der Waals surface area (Å²) < 4.78 is 23.6. The van der Waals surface area contributed by atoms with Gasteiger partial charge in [-0.1, -0.05) is 6.42 Å². The fourth-order valence-electron chi connectivity index (χ4n) is 0.331. The summed E-state index contributed by atoms with van der Waals surface area (Å²) in [7, 11) is -3.42. The highest BCUT2D eigenvalue weighted by Crippen LogP contribution is 2.52. The molecule has 0 spiro atoms. The summed E-state index contributed by atoms with van der Waals surface area (Å²) in [6.07, 6.45) is 8.58. The highest BCUT2D eigenvalue weighted by atomic mass is 31.2. The van der Waals surface area contributed by atoms with Crippen LogP contribution in [0.1, 0.15) is 0 Å². The van der Waals surface area contributed by atoms with E-state index in [0.717, 1.165) is 12.5 Å². The Kier molecular flexibility index (Phi) is 1.37. The lowest BCUT2D eigenvalue weighted by Gasteiger charge is -2.02. The van der Waals surface area contributed by atoms with Crippen molar-refractivity contribution < 1.29 is 18.1 Å². The van der Waals surface area contributed by atoms with E-state index >= 15 is 0 Å². The van der Waals surface area contributed by atoms with Crippen LogP contribution in [0.5, 0.6) is 0 Å². The lowest BCUT2D eigenvalue weighted by Crippen LogP contribution is -1.80. The van der Waals surface area contributed by atoms with Gasteiger partial charge in [0.2, 0.25) is 0 Å². The molecule has 4 nitrogen and oxygen atoms in total. The normalized spacial score (nSPS) is 19.4. The van der Waals surface area contributed by atoms with E-state index in [1.165, 1.54) is 0 Å². The second kappa shape index (κ2) is 2.04. The average Bonchev–Trinajstić information content (AvgIpc) is 2.16. The van der Waals surface area contributed by atoms with E-state index in [2.05, 4.69) is 20.0 Å². The molecule has 0 amide bonds. The van der Waals surface area contributed by atoms with Gasteiger partial charge >= 0.3 is 7.82 Å². The smallest absolute Gasteiger partial charge is 0.390 e. The Balaban J connectivity index is 2.59. The van der Waals surface area contributed by atoms with Crippen molar-refractivity contribution in [3.8, 4) is 12.5 Å². The Morgan fingerprint density at radius 1 is 1.56 bits per heavy atom. The quantitative estimate of drug-likeness (QED) is 0.412. The molecule has 5 heteroatoms. The van der Waals surface area contributed by atoms with Crippen molar-refractivity contribution in [1.29, 1.82) is 0 Å². The van der Waals surface area contributed by atoms with Gasteiger partial charge in [-0.2, -0.15) is 4.57 Å². The minimum absolute atomic E-state index is 1.11. The van der Waals surface area contributed by atoms with Crippen molar-refractivity contribution in [3.63, 3.8) is 0 Å². The van der Waals surface area contributed by atoms with Crippen LogP contribution in [0.25, 0.3) is 0 Å². The SMILES string of the molecule is C#COP1(=O)OC=CO1. The lowest BCUT2D eigenvalue weighted by atomic mass is 11.1. The number of hydrogen-bond acceptors (Lipinski definition) is 4. The summed E-state index contributed by atoms with van der Waals surface area (Å²) >= 11 is 0. The fourth-order valence-corrected chi connectivity index (χ4v) is 0.994. The monoisotopic (exact) mass is 146 g/mol. The molecule has 1 aliphatic rings. The first-order chi connectivity index (χ1) is 4.27. The van der Waals surface area contributed by atoms with Crippen molar-refractivity contribution >= 4 is 7.82 Å². The van der Waals surface area contributed by atoms with Crippen LogP contribution in [0.3, 0.4) is 0 Å². The predicted octanol–water partition coefficient (Wildman–Crippen LogP) is 1.22. The number of phosphoric ester groups is 1. The summed E-state index contributed by atoms with van der Waals surface area (Å²) in [5.74, 6) is 0. The molecule has 0 N–H and O–H groups in total. The van der Waals surface area contributed by atoms with Crippen molar-refractivity contribution in [1.82, 2.24) is 0 Å². The first kappa shape index (κ1) is 6.06. The maximum atomic E-state index is 10.7. The molecule has 0 bridgehead atoms. The van der Waals surface area contributed by atoms with Gasteiger partial charge in [-0.3, -0.25) is 0 Å². The standard InChI is InChI=1S/C4H3O4P/c1-2-6-9(5)7-3-4-8-9/h1,3-4H. The zero-order valence-electron chi connectivity index (χ0n) is 4.31. The first-order valence-corrected chi connectivity index (χ1v) is 3.49. The Labute approximate surface area is 52.0 Å². The van der Waals surface area contributed by atoms with Crippen LogP contribution < -0.4 is 0 Å². The summed E-state index contributed by atoms with van der Waals surface area (Å²) in [4.78, 5) is 0. The van der Waals surface area contributed by atoms with E-state index in [1.54, 1.807) is 6.11 Å². The minimum atomic E-state index is -3.42. The Morgan fingerprint density at radius 2 is 2.11 bits per heavy atom. The van der Waals surface area contributed by atoms with E-state index in [-0.39, 0.29) is 0 Å². The Hall–Kier alpha value is -1.07. The van der Waals surface area contributed by atoms with E-state index in [0.29, 0.717) is 0 Å². The molecule has 48 valence electrons. The molecule has 1 rings (SSSR count). The summed E-state index contributed by atoms with van der Waals surface area (Å²) in [6, 6.07) is 0. The zero-order chi connectivity index (χ0) is 6.74. The molecule has 0 aliphatic carbocycles. The molecule has 0 aromatic rings. The number of hydrogen-bond donors (Lipinski definition) is 0. The third kappa shape index (κ3) is 1.18. The van der Waals surface area contributed by atoms with E-state index in [4.69, 9.17) is 0 Å². The first-order valence-electron chi connectivity index (χ1n) is 2.03. The van der Waals surface area contributed by atoms with Crippen LogP contribution in [0.2, 0.25) is 0 Å². The number of rotatable bonds is 1. The summed E-state index contributed by atoms with van der Waals surface area (Å²) in [6.45, 7) is 0. The van der Waals surface area contributed by atoms with Gasteiger partial charge in [0.1, 0.15) is 18.6 Å². The summed E-state index contributed by atoms with van der Waals surface area (Å²) in [5, 5.41) is 0. The number of terminal acetylenes is 1. The van der Waals surface area contributed by atoms with Gasteiger partial charge < -0.3 is 13.6 Å². The third-order valence-corrected chi connectivity index (χ3v) is 1.69. The molecule has 0 saturated carbocycles. The zero-order valence-corrected chi connectivity index (χ0v) is 5.21. The highest BCUT2D eigenvalue weighted by molar-refractivity contribution is 7.49. The molecule has 0 atom stereocenters. The fraction of sp³-hybridized carbons (Fsp3) is 0. The van der Waals surface area contributed by atoms with Gasteiger partial charge in [0.05, 0.1) is 0 Å². The third-order valence-electron chi connectivity index (χ3n) is 0.600. The molecular weight excluding hydrogens is 143 g/mol. The van der Waals surface area contributed by atoms with Crippen molar-refractivity contribution in [2.75, 3.05) is 0 Å². The van der Waals surface area contributed by atoms with Crippen molar-refractivity contribution in [2.45, 2.75) is 0 Å². The second-order valence-corrected chi connectivity index (χ2v) is 2.64. The van der Waals surface area contributed by atoms with Crippen LogP contribution in [0.4, 0.5) is 0 Å². The van der Waals surface area contributed by atoms with Crippen LogP contribution in [0, 0.1) is 12.5 Å². The largest absolute Gasteiger partial charge is 0.654 e. The maximum Gasteiger partial charge on any atom is 0.654 e. The summed E-state index contributed by atoms with van der Waals surface area (Å²) in [5.41, 5.74) is 0. The minimum Gasteiger partial charge on any atom is -0.390 e. The highest BCUT2D eigenvalue weighted by Gasteiger charge is 2.31. The molecule has 1 aliphatic heterocycles. The van der Waals surface area contributed by atoms with Gasteiger partial charge in [-0.05, 0) is 0 Å². The molecule has 9 heavy (non-hydrogen) atoms. The molecule has 0 aromatic carbocycles. The van der Waals surface area contributed by atoms with Crippen LogP contribution in [-0.4, -0.2) is 0 Å². The Morgan fingerprint density at radius 3 is 2.56 bits per heavy atom. The van der Waals surface area contributed by atoms with Gasteiger partial charge in [0.25, 0.3) is 0 Å².